The topological polar surface area (TPSA) is 54.7 Å². The predicted molar refractivity (Wildman–Crippen MR) is 56.8 cm³/mol. The standard InChI is InChI=1S/C11H19N3/c1-3-4-9-7-13-10(14-9)11(2,12)8-5-6-8/h7-8H,3-6,12H2,1-2H3,(H,13,14). The van der Waals surface area contributed by atoms with Gasteiger partial charge in [-0.05, 0) is 32.1 Å². The molecule has 14 heavy (non-hydrogen) atoms. The quantitative estimate of drug-likeness (QED) is 0.768. The van der Waals surface area contributed by atoms with Crippen molar-refractivity contribution in [3.63, 3.8) is 0 Å². The van der Waals surface area contributed by atoms with Crippen LogP contribution in [0.25, 0.3) is 0 Å². The van der Waals surface area contributed by atoms with Gasteiger partial charge < -0.3 is 10.7 Å². The van der Waals surface area contributed by atoms with Crippen LogP contribution in [0.1, 0.15) is 44.6 Å². The molecule has 0 aliphatic heterocycles. The molecular weight excluding hydrogens is 174 g/mol. The van der Waals surface area contributed by atoms with Crippen molar-refractivity contribution in [3.8, 4) is 0 Å². The lowest BCUT2D eigenvalue weighted by atomic mass is 9.97. The number of aryl methyl sites for hydroxylation is 1. The normalized spacial score (nSPS) is 20.8. The molecule has 0 spiro atoms. The summed E-state index contributed by atoms with van der Waals surface area (Å²) < 4.78 is 0. The van der Waals surface area contributed by atoms with Crippen molar-refractivity contribution in [1.29, 1.82) is 0 Å². The van der Waals surface area contributed by atoms with Gasteiger partial charge in [-0.3, -0.25) is 0 Å². The second-order valence-corrected chi connectivity index (χ2v) is 4.56. The Kier molecular flexibility index (Phi) is 2.35. The molecule has 3 N–H and O–H groups in total. The highest BCUT2D eigenvalue weighted by atomic mass is 15.0. The molecule has 1 aliphatic carbocycles. The van der Waals surface area contributed by atoms with Crippen LogP contribution in [-0.4, -0.2) is 9.97 Å². The van der Waals surface area contributed by atoms with Crippen molar-refractivity contribution >= 4 is 0 Å². The molecule has 1 fully saturated rings. The number of nitrogens with zero attached hydrogens (tertiary/aromatic N) is 1. The average molecular weight is 193 g/mol. The Hall–Kier alpha value is -0.830. The monoisotopic (exact) mass is 193 g/mol. The minimum Gasteiger partial charge on any atom is -0.344 e. The van der Waals surface area contributed by atoms with Crippen molar-refractivity contribution in [2.24, 2.45) is 11.7 Å². The maximum atomic E-state index is 6.26. The van der Waals surface area contributed by atoms with Gasteiger partial charge >= 0.3 is 0 Å². The highest BCUT2D eigenvalue weighted by Crippen LogP contribution is 2.42. The molecule has 3 nitrogen and oxygen atoms in total. The second-order valence-electron chi connectivity index (χ2n) is 4.56. The number of hydrogen-bond donors (Lipinski definition) is 2. The molecule has 1 aliphatic rings. The lowest BCUT2D eigenvalue weighted by Gasteiger charge is -2.21. The van der Waals surface area contributed by atoms with E-state index in [4.69, 9.17) is 5.73 Å². The van der Waals surface area contributed by atoms with Crippen LogP contribution in [0.15, 0.2) is 6.20 Å². The highest BCUT2D eigenvalue weighted by Gasteiger charge is 2.41. The highest BCUT2D eigenvalue weighted by molar-refractivity contribution is 5.13. The molecule has 0 amide bonds. The van der Waals surface area contributed by atoms with E-state index in [2.05, 4.69) is 23.8 Å². The smallest absolute Gasteiger partial charge is 0.126 e. The maximum Gasteiger partial charge on any atom is 0.126 e. The summed E-state index contributed by atoms with van der Waals surface area (Å²) in [4.78, 5) is 7.73. The van der Waals surface area contributed by atoms with Gasteiger partial charge in [0, 0.05) is 11.9 Å². The van der Waals surface area contributed by atoms with Gasteiger partial charge in [0.2, 0.25) is 0 Å². The molecule has 2 rings (SSSR count). The first kappa shape index (κ1) is 9.71. The number of H-pyrrole nitrogens is 1. The van der Waals surface area contributed by atoms with Gasteiger partial charge in [0.25, 0.3) is 0 Å². The lowest BCUT2D eigenvalue weighted by Crippen LogP contribution is -2.36. The van der Waals surface area contributed by atoms with E-state index in [0.29, 0.717) is 5.92 Å². The third-order valence-electron chi connectivity index (χ3n) is 3.08. The van der Waals surface area contributed by atoms with Gasteiger partial charge in [-0.25, -0.2) is 4.98 Å². The van der Waals surface area contributed by atoms with E-state index in [0.717, 1.165) is 18.7 Å². The zero-order chi connectivity index (χ0) is 10.2. The third-order valence-corrected chi connectivity index (χ3v) is 3.08. The Morgan fingerprint density at radius 3 is 2.93 bits per heavy atom. The third kappa shape index (κ3) is 1.69. The second kappa shape index (κ2) is 3.39. The van der Waals surface area contributed by atoms with E-state index in [9.17, 15) is 0 Å². The molecular formula is C11H19N3. The van der Waals surface area contributed by atoms with Crippen LogP contribution < -0.4 is 5.73 Å². The molecule has 1 atom stereocenters. The van der Waals surface area contributed by atoms with Crippen molar-refractivity contribution in [2.75, 3.05) is 0 Å². The van der Waals surface area contributed by atoms with Crippen molar-refractivity contribution < 1.29 is 0 Å². The molecule has 0 aromatic carbocycles. The number of hydrogen-bond acceptors (Lipinski definition) is 2. The number of imidazole rings is 1. The van der Waals surface area contributed by atoms with Crippen LogP contribution in [0.2, 0.25) is 0 Å². The summed E-state index contributed by atoms with van der Waals surface area (Å²) in [7, 11) is 0. The van der Waals surface area contributed by atoms with Gasteiger partial charge in [-0.2, -0.15) is 0 Å². The minimum absolute atomic E-state index is 0.244. The number of rotatable bonds is 4. The molecule has 0 bridgehead atoms. The Bertz CT molecular complexity index is 310. The first-order chi connectivity index (χ1) is 6.64. The first-order valence-electron chi connectivity index (χ1n) is 5.47. The SMILES string of the molecule is CCCc1cnc(C(C)(N)C2CC2)[nH]1. The minimum atomic E-state index is -0.244. The molecule has 78 valence electrons. The van der Waals surface area contributed by atoms with E-state index < -0.39 is 0 Å². The van der Waals surface area contributed by atoms with Crippen molar-refractivity contribution in [1.82, 2.24) is 9.97 Å². The van der Waals surface area contributed by atoms with Crippen LogP contribution in [0, 0.1) is 5.92 Å². The molecule has 1 saturated carbocycles. The zero-order valence-corrected chi connectivity index (χ0v) is 9.01. The summed E-state index contributed by atoms with van der Waals surface area (Å²) in [5.41, 5.74) is 7.22. The molecule has 1 aromatic rings. The summed E-state index contributed by atoms with van der Waals surface area (Å²) >= 11 is 0. The van der Waals surface area contributed by atoms with Crippen molar-refractivity contribution in [3.05, 3.63) is 17.7 Å². The van der Waals surface area contributed by atoms with E-state index in [-0.39, 0.29) is 5.54 Å². The van der Waals surface area contributed by atoms with Gasteiger partial charge in [0.1, 0.15) is 5.82 Å². The van der Waals surface area contributed by atoms with Crippen LogP contribution in [-0.2, 0) is 12.0 Å². The summed E-state index contributed by atoms with van der Waals surface area (Å²) in [6.07, 6.45) is 6.63. The molecule has 0 radical (unpaired) electrons. The molecule has 1 aromatic heterocycles. The first-order valence-corrected chi connectivity index (χ1v) is 5.47. The lowest BCUT2D eigenvalue weighted by molar-refractivity contribution is 0.403. The summed E-state index contributed by atoms with van der Waals surface area (Å²) in [5, 5.41) is 0. The molecule has 1 unspecified atom stereocenters. The molecule has 0 saturated heterocycles. The fraction of sp³-hybridized carbons (Fsp3) is 0.727. The van der Waals surface area contributed by atoms with E-state index in [1.54, 1.807) is 0 Å². The number of nitrogens with one attached hydrogen (secondary N) is 1. The average Bonchev–Trinajstić information content (AvgIpc) is 2.89. The Labute approximate surface area is 85.1 Å². The Morgan fingerprint density at radius 2 is 2.36 bits per heavy atom. The molecule has 3 heteroatoms. The largest absolute Gasteiger partial charge is 0.344 e. The number of aromatic amines is 1. The Balaban J connectivity index is 2.14. The van der Waals surface area contributed by atoms with Crippen LogP contribution in [0.4, 0.5) is 0 Å². The van der Waals surface area contributed by atoms with E-state index in [1.165, 1.54) is 18.5 Å². The predicted octanol–water partition coefficient (Wildman–Crippen LogP) is 1.95. The van der Waals surface area contributed by atoms with Crippen LogP contribution >= 0.6 is 0 Å². The summed E-state index contributed by atoms with van der Waals surface area (Å²) in [6.45, 7) is 4.25. The fourth-order valence-corrected chi connectivity index (χ4v) is 1.91. The summed E-state index contributed by atoms with van der Waals surface area (Å²) in [6, 6.07) is 0. The number of aromatic nitrogens is 2. The maximum absolute atomic E-state index is 6.26. The van der Waals surface area contributed by atoms with E-state index in [1.807, 2.05) is 6.20 Å². The van der Waals surface area contributed by atoms with Gasteiger partial charge in [-0.15, -0.1) is 0 Å². The van der Waals surface area contributed by atoms with Crippen LogP contribution in [0.3, 0.4) is 0 Å². The Morgan fingerprint density at radius 1 is 1.64 bits per heavy atom. The number of nitrogens with two attached hydrogens (primary N) is 1. The fourth-order valence-electron chi connectivity index (χ4n) is 1.91. The summed E-state index contributed by atoms with van der Waals surface area (Å²) in [5.74, 6) is 1.59. The van der Waals surface area contributed by atoms with Crippen LogP contribution in [0.5, 0.6) is 0 Å². The van der Waals surface area contributed by atoms with Gasteiger partial charge in [0.15, 0.2) is 0 Å². The zero-order valence-electron chi connectivity index (χ0n) is 9.01. The van der Waals surface area contributed by atoms with Gasteiger partial charge in [-0.1, -0.05) is 13.3 Å². The van der Waals surface area contributed by atoms with E-state index >= 15 is 0 Å². The van der Waals surface area contributed by atoms with Gasteiger partial charge in [0.05, 0.1) is 5.54 Å². The molecule has 1 heterocycles. The van der Waals surface area contributed by atoms with Crippen molar-refractivity contribution in [2.45, 2.75) is 45.1 Å².